The second-order valence-electron chi connectivity index (χ2n) is 6.28. The molecule has 0 radical (unpaired) electrons. The number of alkyl halides is 3. The quantitative estimate of drug-likeness (QED) is 0.743. The van der Waals surface area contributed by atoms with E-state index in [9.17, 15) is 9.18 Å². The van der Waals surface area contributed by atoms with Gasteiger partial charge in [0.15, 0.2) is 0 Å². The summed E-state index contributed by atoms with van der Waals surface area (Å²) in [5, 5.41) is 2.77. The van der Waals surface area contributed by atoms with Crippen molar-refractivity contribution in [3.8, 4) is 0 Å². The van der Waals surface area contributed by atoms with Crippen molar-refractivity contribution in [2.75, 3.05) is 31.1 Å². The minimum atomic E-state index is -1.70. The van der Waals surface area contributed by atoms with E-state index in [2.05, 4.69) is 22.3 Å². The number of rotatable bonds is 4. The van der Waals surface area contributed by atoms with Gasteiger partial charge in [0.25, 0.3) is 5.91 Å². The van der Waals surface area contributed by atoms with Gasteiger partial charge in [-0.05, 0) is 36.4 Å². The first-order chi connectivity index (χ1) is 12.8. The molecule has 8 heteroatoms. The van der Waals surface area contributed by atoms with Crippen molar-refractivity contribution in [3.63, 3.8) is 0 Å². The molecule has 1 aliphatic rings. The molecular formula is C19H19Cl3FN3O. The van der Waals surface area contributed by atoms with Crippen LogP contribution >= 0.6 is 34.8 Å². The third kappa shape index (κ3) is 5.26. The Morgan fingerprint density at radius 1 is 0.963 bits per heavy atom. The van der Waals surface area contributed by atoms with Crippen LogP contribution in [-0.4, -0.2) is 46.9 Å². The lowest BCUT2D eigenvalue weighted by molar-refractivity contribution is 0.0841. The van der Waals surface area contributed by atoms with Crippen molar-refractivity contribution in [1.29, 1.82) is 0 Å². The highest BCUT2D eigenvalue weighted by Crippen LogP contribution is 2.33. The van der Waals surface area contributed by atoms with E-state index in [1.165, 1.54) is 24.3 Å². The van der Waals surface area contributed by atoms with Crippen LogP contribution in [-0.2, 0) is 0 Å². The molecule has 1 saturated heterocycles. The van der Waals surface area contributed by atoms with E-state index in [0.717, 1.165) is 18.8 Å². The van der Waals surface area contributed by atoms with Gasteiger partial charge in [0.05, 0.1) is 0 Å². The van der Waals surface area contributed by atoms with Gasteiger partial charge in [-0.15, -0.1) is 0 Å². The summed E-state index contributed by atoms with van der Waals surface area (Å²) in [6.45, 7) is 2.73. The second kappa shape index (κ2) is 8.65. The van der Waals surface area contributed by atoms with Crippen molar-refractivity contribution in [1.82, 2.24) is 10.2 Å². The summed E-state index contributed by atoms with van der Waals surface area (Å²) < 4.78 is 11.4. The van der Waals surface area contributed by atoms with E-state index < -0.39 is 21.7 Å². The lowest BCUT2D eigenvalue weighted by Crippen LogP contribution is -2.60. The normalized spacial score (nSPS) is 16.8. The number of anilines is 1. The Morgan fingerprint density at radius 3 is 2.11 bits per heavy atom. The van der Waals surface area contributed by atoms with E-state index in [4.69, 9.17) is 34.8 Å². The average Bonchev–Trinajstić information content (AvgIpc) is 2.66. The molecule has 2 aromatic carbocycles. The number of para-hydroxylation sites is 1. The number of nitrogens with one attached hydrogen (secondary N) is 1. The molecule has 2 aromatic rings. The third-order valence-corrected chi connectivity index (χ3v) is 5.11. The Morgan fingerprint density at radius 2 is 1.56 bits per heavy atom. The fourth-order valence-electron chi connectivity index (χ4n) is 3.07. The number of carbonyl (C=O) groups is 1. The highest BCUT2D eigenvalue weighted by atomic mass is 35.6. The van der Waals surface area contributed by atoms with Gasteiger partial charge in [0.2, 0.25) is 3.79 Å². The van der Waals surface area contributed by atoms with Crippen molar-refractivity contribution in [2.24, 2.45) is 0 Å². The summed E-state index contributed by atoms with van der Waals surface area (Å²) in [6, 6.07) is 15.3. The van der Waals surface area contributed by atoms with Crippen LogP contribution in [0.25, 0.3) is 0 Å². The number of amides is 1. The first-order valence-corrected chi connectivity index (χ1v) is 9.65. The van der Waals surface area contributed by atoms with Gasteiger partial charge in [-0.2, -0.15) is 0 Å². The van der Waals surface area contributed by atoms with Crippen molar-refractivity contribution in [2.45, 2.75) is 9.96 Å². The number of hydrogen-bond acceptors (Lipinski definition) is 3. The highest BCUT2D eigenvalue weighted by Gasteiger charge is 2.39. The smallest absolute Gasteiger partial charge is 0.252 e. The molecule has 0 aromatic heterocycles. The summed E-state index contributed by atoms with van der Waals surface area (Å²) in [4.78, 5) is 16.7. The van der Waals surface area contributed by atoms with E-state index in [1.54, 1.807) is 0 Å². The summed E-state index contributed by atoms with van der Waals surface area (Å²) >= 11 is 18.4. The maximum absolute atomic E-state index is 13.1. The first-order valence-electron chi connectivity index (χ1n) is 8.52. The molecule has 4 nitrogen and oxygen atoms in total. The molecular weight excluding hydrogens is 412 g/mol. The molecule has 1 heterocycles. The van der Waals surface area contributed by atoms with Crippen LogP contribution in [0.4, 0.5) is 10.1 Å². The molecule has 0 aliphatic carbocycles. The van der Waals surface area contributed by atoms with Crippen molar-refractivity contribution < 1.29 is 9.18 Å². The Bertz CT molecular complexity index is 760. The molecule has 0 spiro atoms. The topological polar surface area (TPSA) is 35.6 Å². The van der Waals surface area contributed by atoms with Gasteiger partial charge in [-0.1, -0.05) is 53.0 Å². The molecule has 0 bridgehead atoms. The number of carbonyl (C=O) groups excluding carboxylic acids is 1. The number of hydrogen-bond donors (Lipinski definition) is 1. The largest absolute Gasteiger partial charge is 0.369 e. The van der Waals surface area contributed by atoms with Crippen LogP contribution in [0, 0.1) is 5.82 Å². The van der Waals surface area contributed by atoms with Crippen LogP contribution in [0.1, 0.15) is 10.4 Å². The molecule has 144 valence electrons. The zero-order valence-corrected chi connectivity index (χ0v) is 16.7. The number of benzene rings is 2. The molecule has 1 unspecified atom stereocenters. The minimum Gasteiger partial charge on any atom is -0.369 e. The average molecular weight is 431 g/mol. The van der Waals surface area contributed by atoms with Crippen molar-refractivity contribution >= 4 is 46.4 Å². The van der Waals surface area contributed by atoms with Crippen LogP contribution in [0.3, 0.4) is 0 Å². The van der Waals surface area contributed by atoms with Gasteiger partial charge in [-0.25, -0.2) is 4.39 Å². The predicted octanol–water partition coefficient (Wildman–Crippen LogP) is 4.07. The highest BCUT2D eigenvalue weighted by molar-refractivity contribution is 6.68. The molecule has 1 fully saturated rings. The number of piperazine rings is 1. The summed E-state index contributed by atoms with van der Waals surface area (Å²) in [5.41, 5.74) is 1.44. The molecule has 1 N–H and O–H groups in total. The Labute approximate surface area is 172 Å². The third-order valence-electron chi connectivity index (χ3n) is 4.49. The fourth-order valence-corrected chi connectivity index (χ4v) is 3.64. The molecule has 3 rings (SSSR count). The fraction of sp³-hybridized carbons (Fsp3) is 0.316. The van der Waals surface area contributed by atoms with Gasteiger partial charge in [0, 0.05) is 37.4 Å². The summed E-state index contributed by atoms with van der Waals surface area (Å²) in [7, 11) is 0. The standard InChI is InChI=1S/C19H19Cl3FN3O/c20-19(21,22)18(24-17(27)14-6-8-15(23)9-7-14)26-12-10-25(11-13-26)16-4-2-1-3-5-16/h1-9,18H,10-13H2,(H,24,27). The van der Waals surface area contributed by atoms with Crippen LogP contribution < -0.4 is 10.2 Å². The predicted molar refractivity (Wildman–Crippen MR) is 108 cm³/mol. The van der Waals surface area contributed by atoms with Gasteiger partial charge in [0.1, 0.15) is 12.0 Å². The van der Waals surface area contributed by atoms with Gasteiger partial charge >= 0.3 is 0 Å². The van der Waals surface area contributed by atoms with E-state index >= 15 is 0 Å². The van der Waals surface area contributed by atoms with E-state index in [-0.39, 0.29) is 0 Å². The summed E-state index contributed by atoms with van der Waals surface area (Å²) in [5.74, 6) is -0.835. The Hall–Kier alpha value is -1.53. The zero-order chi connectivity index (χ0) is 19.4. The zero-order valence-electron chi connectivity index (χ0n) is 14.4. The minimum absolute atomic E-state index is 0.304. The Balaban J connectivity index is 1.67. The molecule has 27 heavy (non-hydrogen) atoms. The maximum Gasteiger partial charge on any atom is 0.252 e. The lowest BCUT2D eigenvalue weighted by Gasteiger charge is -2.42. The van der Waals surface area contributed by atoms with Crippen molar-refractivity contribution in [3.05, 3.63) is 66.0 Å². The molecule has 1 amide bonds. The maximum atomic E-state index is 13.1. The second-order valence-corrected chi connectivity index (χ2v) is 8.65. The van der Waals surface area contributed by atoms with Crippen LogP contribution in [0.15, 0.2) is 54.6 Å². The Kier molecular flexibility index (Phi) is 6.48. The molecule has 1 atom stereocenters. The first kappa shape index (κ1) is 20.2. The molecule has 1 aliphatic heterocycles. The van der Waals surface area contributed by atoms with E-state index in [1.807, 2.05) is 23.1 Å². The monoisotopic (exact) mass is 429 g/mol. The SMILES string of the molecule is O=C(NC(N1CCN(c2ccccc2)CC1)C(Cl)(Cl)Cl)c1ccc(F)cc1. The molecule has 0 saturated carbocycles. The number of nitrogens with zero attached hydrogens (tertiary/aromatic N) is 2. The van der Waals surface area contributed by atoms with Gasteiger partial charge < -0.3 is 10.2 Å². The number of halogens is 4. The van der Waals surface area contributed by atoms with E-state index in [0.29, 0.717) is 18.7 Å². The van der Waals surface area contributed by atoms with Crippen LogP contribution in [0.2, 0.25) is 0 Å². The summed E-state index contributed by atoms with van der Waals surface area (Å²) in [6.07, 6.45) is -0.794. The van der Waals surface area contributed by atoms with Gasteiger partial charge in [-0.3, -0.25) is 9.69 Å². The lowest BCUT2D eigenvalue weighted by atomic mass is 10.2. The van der Waals surface area contributed by atoms with Crippen LogP contribution in [0.5, 0.6) is 0 Å².